The quantitative estimate of drug-likeness (QED) is 0.0181. The average molecular weight is 828 g/mol. The fraction of sp³-hybridized carbons (Fsp3) is 0.532. The Balaban J connectivity index is 4.43. The highest BCUT2D eigenvalue weighted by atomic mass is 31.2. The van der Waals surface area contributed by atoms with Gasteiger partial charge in [-0.2, -0.15) is 0 Å². The van der Waals surface area contributed by atoms with E-state index in [9.17, 15) is 24.2 Å². The van der Waals surface area contributed by atoms with Crippen LogP contribution in [0.25, 0.3) is 0 Å². The van der Waals surface area contributed by atoms with Crippen molar-refractivity contribution >= 4 is 19.8 Å². The lowest BCUT2D eigenvalue weighted by Crippen LogP contribution is -2.29. The highest BCUT2D eigenvalue weighted by Gasteiger charge is 2.25. The molecule has 0 aliphatic heterocycles. The number of rotatable bonds is 37. The van der Waals surface area contributed by atoms with Gasteiger partial charge in [-0.15, -0.1) is 0 Å². The summed E-state index contributed by atoms with van der Waals surface area (Å²) in [5.41, 5.74) is 5.33. The monoisotopic (exact) mass is 828 g/mol. The number of nitrogens with two attached hydrogens (primary N) is 1. The van der Waals surface area contributed by atoms with E-state index in [4.69, 9.17) is 24.3 Å². The van der Waals surface area contributed by atoms with Crippen LogP contribution in [0.4, 0.5) is 0 Å². The van der Waals surface area contributed by atoms with Crippen LogP contribution in [0.5, 0.6) is 0 Å². The highest BCUT2D eigenvalue weighted by molar-refractivity contribution is 7.47. The lowest BCUT2D eigenvalue weighted by molar-refractivity contribution is -0.161. The molecule has 0 aliphatic rings. The fourth-order valence-electron chi connectivity index (χ4n) is 4.85. The maximum Gasteiger partial charge on any atom is 0.472 e. The van der Waals surface area contributed by atoms with Gasteiger partial charge in [0.2, 0.25) is 0 Å². The summed E-state index contributed by atoms with van der Waals surface area (Å²) in [4.78, 5) is 34.8. The molecule has 58 heavy (non-hydrogen) atoms. The van der Waals surface area contributed by atoms with E-state index in [-0.39, 0.29) is 32.6 Å². The molecular weight excluding hydrogens is 753 g/mol. The van der Waals surface area contributed by atoms with Crippen molar-refractivity contribution in [3.63, 3.8) is 0 Å². The Morgan fingerprint density at radius 2 is 1.14 bits per heavy atom. The Morgan fingerprint density at radius 3 is 1.74 bits per heavy atom. The Kier molecular flexibility index (Phi) is 38.9. The zero-order valence-electron chi connectivity index (χ0n) is 35.3. The molecule has 3 atom stereocenters. The number of hydrogen-bond donors (Lipinski definition) is 3. The van der Waals surface area contributed by atoms with Gasteiger partial charge in [0.1, 0.15) is 6.61 Å². The maximum atomic E-state index is 12.6. The van der Waals surface area contributed by atoms with E-state index in [1.807, 2.05) is 48.6 Å². The van der Waals surface area contributed by atoms with E-state index in [1.165, 1.54) is 0 Å². The van der Waals surface area contributed by atoms with Crippen LogP contribution in [0, 0.1) is 0 Å². The predicted molar refractivity (Wildman–Crippen MR) is 239 cm³/mol. The van der Waals surface area contributed by atoms with Gasteiger partial charge in [0, 0.05) is 19.4 Å². The van der Waals surface area contributed by atoms with Crippen molar-refractivity contribution in [3.8, 4) is 0 Å². The molecule has 0 amide bonds. The van der Waals surface area contributed by atoms with Gasteiger partial charge < -0.3 is 25.2 Å². The van der Waals surface area contributed by atoms with E-state index in [0.29, 0.717) is 25.7 Å². The van der Waals surface area contributed by atoms with E-state index in [1.54, 1.807) is 6.08 Å². The molecule has 0 heterocycles. The average Bonchev–Trinajstić information content (AvgIpc) is 3.21. The second-order valence-electron chi connectivity index (χ2n) is 13.3. The highest BCUT2D eigenvalue weighted by Crippen LogP contribution is 2.43. The first-order valence-electron chi connectivity index (χ1n) is 21.1. The second kappa shape index (κ2) is 41.5. The Hall–Kier alpha value is -3.63. The van der Waals surface area contributed by atoms with Crippen LogP contribution >= 0.6 is 7.82 Å². The number of carbonyl (C=O) groups is 2. The molecule has 326 valence electrons. The summed E-state index contributed by atoms with van der Waals surface area (Å²) < 4.78 is 32.6. The van der Waals surface area contributed by atoms with Crippen molar-refractivity contribution in [2.24, 2.45) is 5.73 Å². The molecule has 0 rings (SSSR count). The van der Waals surface area contributed by atoms with Crippen LogP contribution in [-0.2, 0) is 32.7 Å². The van der Waals surface area contributed by atoms with Crippen molar-refractivity contribution in [1.82, 2.24) is 0 Å². The van der Waals surface area contributed by atoms with E-state index in [0.717, 1.165) is 70.6 Å². The number of hydrogen-bond acceptors (Lipinski definition) is 9. The van der Waals surface area contributed by atoms with Crippen molar-refractivity contribution in [2.45, 2.75) is 135 Å². The third kappa shape index (κ3) is 40.6. The number of ether oxygens (including phenoxy) is 2. The SMILES string of the molecule is CC/C=C\C/C=C\C/C=C\C/C=C\CCCCCCC(=O)O[C@H](COC(=O)CC/C=C\C/C=C\C/C=C\C=C\C(O)C/C=C\C/C=C\CC)COP(=O)(O)OCCN. The second-order valence-corrected chi connectivity index (χ2v) is 14.7. The van der Waals surface area contributed by atoms with Crippen molar-refractivity contribution in [3.05, 3.63) is 122 Å². The van der Waals surface area contributed by atoms with Crippen LogP contribution in [0.3, 0.4) is 0 Å². The minimum absolute atomic E-state index is 0.0242. The van der Waals surface area contributed by atoms with Gasteiger partial charge in [-0.1, -0.05) is 148 Å². The number of aliphatic hydroxyl groups is 1. The molecular formula is C47H74NO9P. The maximum absolute atomic E-state index is 12.6. The van der Waals surface area contributed by atoms with Crippen molar-refractivity contribution in [2.75, 3.05) is 26.4 Å². The van der Waals surface area contributed by atoms with E-state index >= 15 is 0 Å². The Labute approximate surface area is 350 Å². The topological polar surface area (TPSA) is 155 Å². The predicted octanol–water partition coefficient (Wildman–Crippen LogP) is 11.1. The number of unbranched alkanes of at least 4 members (excludes halogenated alkanes) is 4. The first-order valence-corrected chi connectivity index (χ1v) is 22.6. The van der Waals surface area contributed by atoms with Crippen LogP contribution in [0.1, 0.15) is 123 Å². The third-order valence-corrected chi connectivity index (χ3v) is 8.92. The summed E-state index contributed by atoms with van der Waals surface area (Å²) in [5, 5.41) is 9.99. The number of phosphoric ester groups is 1. The molecule has 0 aromatic carbocycles. The van der Waals surface area contributed by atoms with Crippen LogP contribution in [0.2, 0.25) is 0 Å². The van der Waals surface area contributed by atoms with Crippen LogP contribution in [0.15, 0.2) is 122 Å². The van der Waals surface area contributed by atoms with Gasteiger partial charge in [0.05, 0.1) is 19.3 Å². The van der Waals surface area contributed by atoms with Gasteiger partial charge >= 0.3 is 19.8 Å². The summed E-state index contributed by atoms with van der Waals surface area (Å²) in [6.07, 6.45) is 52.7. The zero-order chi connectivity index (χ0) is 42.6. The molecule has 0 saturated heterocycles. The molecule has 2 unspecified atom stereocenters. The first kappa shape index (κ1) is 54.4. The third-order valence-electron chi connectivity index (χ3n) is 7.94. The lowest BCUT2D eigenvalue weighted by atomic mass is 10.1. The lowest BCUT2D eigenvalue weighted by Gasteiger charge is -2.19. The first-order chi connectivity index (χ1) is 28.2. The number of phosphoric acid groups is 1. The van der Waals surface area contributed by atoms with Gasteiger partial charge in [0.15, 0.2) is 6.10 Å². The molecule has 0 radical (unpaired) electrons. The molecule has 11 heteroatoms. The van der Waals surface area contributed by atoms with Crippen LogP contribution in [-0.4, -0.2) is 60.5 Å². The summed E-state index contributed by atoms with van der Waals surface area (Å²) in [7, 11) is -4.42. The molecule has 10 nitrogen and oxygen atoms in total. The number of allylic oxidation sites excluding steroid dienone is 18. The van der Waals surface area contributed by atoms with Crippen molar-refractivity contribution in [1.29, 1.82) is 0 Å². The minimum atomic E-state index is -4.42. The minimum Gasteiger partial charge on any atom is -0.462 e. The standard InChI is InChI=1S/C47H74NO9P/c1-3-5-7-9-11-12-13-14-15-16-17-18-19-24-27-31-35-39-47(51)57-45(43-56-58(52,53)55-41-40-48)42-54-46(50)38-34-30-26-23-21-20-22-25-29-33-37-44(49)36-32-28-10-8-6-4-2/h5-8,11-12,14-15,17-18,20-21,25-26,28-30,32-33,37,44-45,49H,3-4,9-10,13,16,19,22-24,27,31,34-36,38-43,48H2,1-2H3,(H,52,53)/b7-5-,8-6-,12-11-,15-14-,18-17-,21-20-,29-25-,30-26-,32-28-,37-33+/t44?,45-/m1/s1. The zero-order valence-corrected chi connectivity index (χ0v) is 36.2. The largest absolute Gasteiger partial charge is 0.472 e. The Morgan fingerprint density at radius 1 is 0.603 bits per heavy atom. The van der Waals surface area contributed by atoms with Gasteiger partial charge in [-0.25, -0.2) is 4.57 Å². The van der Waals surface area contributed by atoms with Gasteiger partial charge in [-0.05, 0) is 83.5 Å². The molecule has 0 aromatic heterocycles. The smallest absolute Gasteiger partial charge is 0.462 e. The summed E-state index contributed by atoms with van der Waals surface area (Å²) >= 11 is 0. The molecule has 0 bridgehead atoms. The molecule has 0 aromatic rings. The molecule has 0 aliphatic carbocycles. The van der Waals surface area contributed by atoms with Crippen molar-refractivity contribution < 1.29 is 42.7 Å². The number of esters is 2. The van der Waals surface area contributed by atoms with Gasteiger partial charge in [-0.3, -0.25) is 18.6 Å². The summed E-state index contributed by atoms with van der Waals surface area (Å²) in [5.74, 6) is -1.000. The summed E-state index contributed by atoms with van der Waals surface area (Å²) in [6.45, 7) is 3.27. The normalized spacial score (nSPS) is 15.1. The fourth-order valence-corrected chi connectivity index (χ4v) is 5.62. The summed E-state index contributed by atoms with van der Waals surface area (Å²) in [6, 6.07) is 0. The molecule has 4 N–H and O–H groups in total. The number of carbonyl (C=O) groups excluding carboxylic acids is 2. The van der Waals surface area contributed by atoms with Gasteiger partial charge in [0.25, 0.3) is 0 Å². The molecule has 0 spiro atoms. The molecule has 0 saturated carbocycles. The van der Waals surface area contributed by atoms with E-state index < -0.39 is 38.6 Å². The van der Waals surface area contributed by atoms with Crippen LogP contribution < -0.4 is 5.73 Å². The van der Waals surface area contributed by atoms with E-state index in [2.05, 4.69) is 80.7 Å². The number of aliphatic hydroxyl groups excluding tert-OH is 1. The molecule has 0 fully saturated rings. The Bertz CT molecular complexity index is 1370.